The molecule has 1 fully saturated rings. The molecule has 0 spiro atoms. The molecule has 0 saturated carbocycles. The van der Waals surface area contributed by atoms with Crippen LogP contribution in [0.15, 0.2) is 22.7 Å². The Morgan fingerprint density at radius 2 is 1.69 bits per heavy atom. The van der Waals surface area contributed by atoms with Gasteiger partial charge in [-0.25, -0.2) is 0 Å². The number of hydrogen-bond acceptors (Lipinski definition) is 5. The molecule has 6 heteroatoms. The van der Waals surface area contributed by atoms with Crippen molar-refractivity contribution in [1.82, 2.24) is 19.9 Å². The summed E-state index contributed by atoms with van der Waals surface area (Å²) in [7, 11) is 0. The summed E-state index contributed by atoms with van der Waals surface area (Å²) >= 11 is 0. The van der Waals surface area contributed by atoms with Crippen LogP contribution in [0.3, 0.4) is 0 Å². The van der Waals surface area contributed by atoms with Crippen LogP contribution in [0.4, 0.5) is 0 Å². The average molecular weight is 356 g/mol. The average Bonchev–Trinajstić information content (AvgIpc) is 3.03. The number of nitrogens with zero attached hydrogens (tertiary/aromatic N) is 4. The van der Waals surface area contributed by atoms with Crippen molar-refractivity contribution in [2.75, 3.05) is 26.2 Å². The number of piperazine rings is 1. The largest absolute Gasteiger partial charge is 0.339 e. The first-order valence-electron chi connectivity index (χ1n) is 9.15. The lowest BCUT2D eigenvalue weighted by molar-refractivity contribution is 0.0624. The maximum atomic E-state index is 12.8. The molecule has 0 N–H and O–H groups in total. The molecule has 1 saturated heterocycles. The first-order valence-corrected chi connectivity index (χ1v) is 9.15. The van der Waals surface area contributed by atoms with Gasteiger partial charge >= 0.3 is 0 Å². The van der Waals surface area contributed by atoms with E-state index in [1.165, 1.54) is 0 Å². The summed E-state index contributed by atoms with van der Waals surface area (Å²) in [4.78, 5) is 21.4. The zero-order chi connectivity index (χ0) is 18.9. The Morgan fingerprint density at radius 3 is 2.23 bits per heavy atom. The Balaban J connectivity index is 1.57. The monoisotopic (exact) mass is 356 g/mol. The molecule has 0 aliphatic carbocycles. The highest BCUT2D eigenvalue weighted by molar-refractivity contribution is 5.94. The van der Waals surface area contributed by atoms with E-state index in [0.717, 1.165) is 42.9 Å². The van der Waals surface area contributed by atoms with E-state index in [4.69, 9.17) is 4.52 Å². The summed E-state index contributed by atoms with van der Waals surface area (Å²) in [6.07, 6.45) is 0. The molecule has 1 aliphatic heterocycles. The van der Waals surface area contributed by atoms with Crippen LogP contribution in [0.5, 0.6) is 0 Å². The molecule has 2 heterocycles. The van der Waals surface area contributed by atoms with E-state index in [1.54, 1.807) is 0 Å². The van der Waals surface area contributed by atoms with Crippen molar-refractivity contribution < 1.29 is 9.32 Å². The fourth-order valence-electron chi connectivity index (χ4n) is 3.21. The molecular formula is C20H28N4O2. The molecule has 0 atom stereocenters. The fourth-order valence-corrected chi connectivity index (χ4v) is 3.21. The van der Waals surface area contributed by atoms with Crippen LogP contribution in [-0.4, -0.2) is 52.0 Å². The number of amides is 1. The molecule has 2 aromatic rings. The molecule has 1 aliphatic rings. The molecule has 0 unspecified atom stereocenters. The third-order valence-electron chi connectivity index (χ3n) is 4.60. The van der Waals surface area contributed by atoms with Crippen molar-refractivity contribution in [3.63, 3.8) is 0 Å². The molecule has 1 aromatic heterocycles. The van der Waals surface area contributed by atoms with Crippen LogP contribution < -0.4 is 0 Å². The van der Waals surface area contributed by atoms with Gasteiger partial charge in [-0.15, -0.1) is 0 Å². The lowest BCUT2D eigenvalue weighted by Crippen LogP contribution is -2.48. The summed E-state index contributed by atoms with van der Waals surface area (Å²) in [6.45, 7) is 13.9. The van der Waals surface area contributed by atoms with E-state index in [0.29, 0.717) is 18.3 Å². The van der Waals surface area contributed by atoms with Gasteiger partial charge < -0.3 is 9.42 Å². The molecule has 3 rings (SSSR count). The highest BCUT2D eigenvalue weighted by atomic mass is 16.5. The Bertz CT molecular complexity index is 763. The van der Waals surface area contributed by atoms with Crippen LogP contribution in [0.1, 0.15) is 54.0 Å². The molecule has 1 amide bonds. The molecule has 26 heavy (non-hydrogen) atoms. The van der Waals surface area contributed by atoms with Gasteiger partial charge in [0.25, 0.3) is 5.91 Å². The fraction of sp³-hybridized carbons (Fsp3) is 0.550. The first-order chi connectivity index (χ1) is 12.2. The normalized spacial score (nSPS) is 16.1. The molecule has 140 valence electrons. The van der Waals surface area contributed by atoms with Gasteiger partial charge in [0.05, 0.1) is 6.54 Å². The summed E-state index contributed by atoms with van der Waals surface area (Å²) in [5.41, 5.74) is 2.89. The van der Waals surface area contributed by atoms with Crippen LogP contribution in [0.2, 0.25) is 0 Å². The van der Waals surface area contributed by atoms with Crippen LogP contribution in [0.25, 0.3) is 0 Å². The van der Waals surface area contributed by atoms with Crippen molar-refractivity contribution in [3.05, 3.63) is 46.6 Å². The van der Waals surface area contributed by atoms with Crippen LogP contribution >= 0.6 is 0 Å². The van der Waals surface area contributed by atoms with Gasteiger partial charge in [0.2, 0.25) is 5.89 Å². The Morgan fingerprint density at radius 1 is 1.08 bits per heavy atom. The smallest absolute Gasteiger partial charge is 0.253 e. The predicted molar refractivity (Wildman–Crippen MR) is 100 cm³/mol. The Kier molecular flexibility index (Phi) is 5.14. The second-order valence-corrected chi connectivity index (χ2v) is 8.21. The summed E-state index contributed by atoms with van der Waals surface area (Å²) in [6, 6.07) is 6.02. The van der Waals surface area contributed by atoms with Crippen molar-refractivity contribution in [3.8, 4) is 0 Å². The molecule has 0 radical (unpaired) electrons. The number of benzene rings is 1. The number of hydrogen-bond donors (Lipinski definition) is 0. The van der Waals surface area contributed by atoms with Gasteiger partial charge in [0.15, 0.2) is 5.82 Å². The van der Waals surface area contributed by atoms with E-state index >= 15 is 0 Å². The van der Waals surface area contributed by atoms with Crippen LogP contribution in [0, 0.1) is 13.8 Å². The van der Waals surface area contributed by atoms with Gasteiger partial charge in [0, 0.05) is 37.2 Å². The van der Waals surface area contributed by atoms with Crippen molar-refractivity contribution in [2.45, 2.75) is 46.6 Å². The summed E-state index contributed by atoms with van der Waals surface area (Å²) in [5, 5.41) is 4.09. The SMILES string of the molecule is Cc1cc(C)cc(C(=O)N2CCN(Cc3noc(C(C)(C)C)n3)CC2)c1. The minimum atomic E-state index is -0.137. The topological polar surface area (TPSA) is 62.5 Å². The van der Waals surface area contributed by atoms with Crippen LogP contribution in [-0.2, 0) is 12.0 Å². The maximum Gasteiger partial charge on any atom is 0.253 e. The van der Waals surface area contributed by atoms with E-state index in [2.05, 4.69) is 41.9 Å². The van der Waals surface area contributed by atoms with Gasteiger partial charge in [-0.1, -0.05) is 43.1 Å². The molecular weight excluding hydrogens is 328 g/mol. The third kappa shape index (κ3) is 4.30. The molecule has 0 bridgehead atoms. The van der Waals surface area contributed by atoms with Gasteiger partial charge in [0.1, 0.15) is 0 Å². The number of rotatable bonds is 3. The first kappa shape index (κ1) is 18.6. The minimum Gasteiger partial charge on any atom is -0.339 e. The van der Waals surface area contributed by atoms with E-state index in [1.807, 2.05) is 30.9 Å². The van der Waals surface area contributed by atoms with Crippen molar-refractivity contribution in [1.29, 1.82) is 0 Å². The standard InChI is InChI=1S/C20H28N4O2/c1-14-10-15(2)12-16(11-14)18(25)24-8-6-23(7-9-24)13-17-21-19(26-22-17)20(3,4)5/h10-12H,6-9,13H2,1-5H3. The summed E-state index contributed by atoms with van der Waals surface area (Å²) < 4.78 is 5.36. The zero-order valence-corrected chi connectivity index (χ0v) is 16.4. The van der Waals surface area contributed by atoms with E-state index < -0.39 is 0 Å². The lowest BCUT2D eigenvalue weighted by Gasteiger charge is -2.34. The Hall–Kier alpha value is -2.21. The maximum absolute atomic E-state index is 12.8. The van der Waals surface area contributed by atoms with Gasteiger partial charge in [-0.2, -0.15) is 4.98 Å². The predicted octanol–water partition coefficient (Wildman–Crippen LogP) is 2.94. The second kappa shape index (κ2) is 7.19. The summed E-state index contributed by atoms with van der Waals surface area (Å²) in [5.74, 6) is 1.49. The van der Waals surface area contributed by atoms with Crippen molar-refractivity contribution >= 4 is 5.91 Å². The lowest BCUT2D eigenvalue weighted by atomic mass is 9.97. The molecule has 6 nitrogen and oxygen atoms in total. The van der Waals surface area contributed by atoms with E-state index in [-0.39, 0.29) is 11.3 Å². The number of aryl methyl sites for hydroxylation is 2. The molecule has 1 aromatic carbocycles. The minimum absolute atomic E-state index is 0.117. The number of carbonyl (C=O) groups is 1. The second-order valence-electron chi connectivity index (χ2n) is 8.21. The van der Waals surface area contributed by atoms with Gasteiger partial charge in [-0.05, 0) is 26.0 Å². The number of aromatic nitrogens is 2. The highest BCUT2D eigenvalue weighted by Gasteiger charge is 2.25. The van der Waals surface area contributed by atoms with E-state index in [9.17, 15) is 4.79 Å². The van der Waals surface area contributed by atoms with Crippen molar-refractivity contribution in [2.24, 2.45) is 0 Å². The zero-order valence-electron chi connectivity index (χ0n) is 16.4. The highest BCUT2D eigenvalue weighted by Crippen LogP contribution is 2.20. The number of carbonyl (C=O) groups excluding carboxylic acids is 1. The Labute approximate surface area is 155 Å². The third-order valence-corrected chi connectivity index (χ3v) is 4.60. The van der Waals surface area contributed by atoms with Gasteiger partial charge in [-0.3, -0.25) is 9.69 Å². The quantitative estimate of drug-likeness (QED) is 0.846.